The van der Waals surface area contributed by atoms with Crippen molar-refractivity contribution in [2.24, 2.45) is 0 Å². The van der Waals surface area contributed by atoms with Crippen molar-refractivity contribution in [3.8, 4) is 17.6 Å². The summed E-state index contributed by atoms with van der Waals surface area (Å²) in [5, 5.41) is 13.1. The van der Waals surface area contributed by atoms with Gasteiger partial charge in [-0.25, -0.2) is 0 Å². The van der Waals surface area contributed by atoms with Crippen LogP contribution in [0.5, 0.6) is 11.5 Å². The van der Waals surface area contributed by atoms with Crippen LogP contribution in [0.3, 0.4) is 0 Å². The zero-order valence-corrected chi connectivity index (χ0v) is 20.8. The van der Waals surface area contributed by atoms with Gasteiger partial charge in [-0.3, -0.25) is 4.79 Å². The second-order valence-corrected chi connectivity index (χ2v) is 8.36. The highest BCUT2D eigenvalue weighted by atomic mass is 35.5. The largest absolute Gasteiger partial charge is 0.493 e. The zero-order valence-electron chi connectivity index (χ0n) is 20.0. The van der Waals surface area contributed by atoms with Crippen LogP contribution in [-0.2, 0) is 17.8 Å². The molecule has 3 rings (SSSR count). The lowest BCUT2D eigenvalue weighted by Crippen LogP contribution is -2.14. The van der Waals surface area contributed by atoms with Crippen molar-refractivity contribution in [3.63, 3.8) is 0 Å². The molecule has 5 nitrogen and oxygen atoms in total. The van der Waals surface area contributed by atoms with Crippen molar-refractivity contribution >= 4 is 29.3 Å². The van der Waals surface area contributed by atoms with E-state index in [1.54, 1.807) is 19.3 Å². The number of hydrogen-bond acceptors (Lipinski definition) is 4. The molecule has 0 aromatic heterocycles. The molecule has 0 unspecified atom stereocenters. The third-order valence-corrected chi connectivity index (χ3v) is 5.97. The number of nitrogens with one attached hydrogen (secondary N) is 1. The molecule has 0 saturated heterocycles. The van der Waals surface area contributed by atoms with E-state index in [1.807, 2.05) is 68.4 Å². The van der Waals surface area contributed by atoms with Gasteiger partial charge in [-0.2, -0.15) is 5.26 Å². The van der Waals surface area contributed by atoms with Crippen molar-refractivity contribution in [3.05, 3.63) is 106 Å². The summed E-state index contributed by atoms with van der Waals surface area (Å²) in [7, 11) is 1.54. The molecule has 0 radical (unpaired) electrons. The summed E-state index contributed by atoms with van der Waals surface area (Å²) in [5.41, 5.74) is 4.94. The summed E-state index contributed by atoms with van der Waals surface area (Å²) in [6.45, 7) is 7.99. The highest BCUT2D eigenvalue weighted by Gasteiger charge is 2.16. The number of anilines is 1. The molecule has 3 aromatic rings. The smallest absolute Gasteiger partial charge is 0.266 e. The maximum Gasteiger partial charge on any atom is 0.266 e. The molecule has 0 aliphatic carbocycles. The van der Waals surface area contributed by atoms with E-state index < -0.39 is 5.91 Å². The number of nitriles is 1. The Balaban J connectivity index is 1.93. The number of carbonyl (C=O) groups excluding carboxylic acids is 1. The van der Waals surface area contributed by atoms with Crippen molar-refractivity contribution in [2.75, 3.05) is 12.4 Å². The Morgan fingerprint density at radius 3 is 2.60 bits per heavy atom. The van der Waals surface area contributed by atoms with Gasteiger partial charge >= 0.3 is 0 Å². The van der Waals surface area contributed by atoms with Crippen LogP contribution in [0.1, 0.15) is 27.8 Å². The summed E-state index contributed by atoms with van der Waals surface area (Å²) in [5.74, 6) is 0.558. The number of nitrogens with zero attached hydrogens (tertiary/aromatic N) is 1. The third kappa shape index (κ3) is 6.32. The maximum absolute atomic E-state index is 12.8. The Morgan fingerprint density at radius 1 is 1.14 bits per heavy atom. The third-order valence-electron chi connectivity index (χ3n) is 5.60. The van der Waals surface area contributed by atoms with Gasteiger partial charge in [-0.1, -0.05) is 48.0 Å². The summed E-state index contributed by atoms with van der Waals surface area (Å²) >= 11 is 6.27. The average molecular weight is 487 g/mol. The first-order valence-corrected chi connectivity index (χ1v) is 11.4. The number of amides is 1. The van der Waals surface area contributed by atoms with Gasteiger partial charge in [0.2, 0.25) is 0 Å². The fourth-order valence-corrected chi connectivity index (χ4v) is 3.74. The van der Waals surface area contributed by atoms with Crippen LogP contribution in [0.25, 0.3) is 6.08 Å². The minimum Gasteiger partial charge on any atom is -0.493 e. The lowest BCUT2D eigenvalue weighted by Gasteiger charge is -2.16. The number of carbonyl (C=O) groups is 1. The average Bonchev–Trinajstić information content (AvgIpc) is 2.85. The van der Waals surface area contributed by atoms with Crippen molar-refractivity contribution in [2.45, 2.75) is 26.9 Å². The molecule has 0 aliphatic rings. The van der Waals surface area contributed by atoms with Crippen molar-refractivity contribution < 1.29 is 14.3 Å². The van der Waals surface area contributed by atoms with E-state index in [0.717, 1.165) is 22.3 Å². The van der Waals surface area contributed by atoms with Gasteiger partial charge in [0, 0.05) is 21.8 Å². The number of rotatable bonds is 9. The molecule has 0 atom stereocenters. The predicted molar refractivity (Wildman–Crippen MR) is 141 cm³/mol. The Bertz CT molecular complexity index is 1320. The van der Waals surface area contributed by atoms with Crippen LogP contribution in [-0.4, -0.2) is 13.0 Å². The molecule has 6 heteroatoms. The Morgan fingerprint density at radius 2 is 1.91 bits per heavy atom. The van der Waals surface area contributed by atoms with Gasteiger partial charge in [0.15, 0.2) is 11.5 Å². The molecule has 0 fully saturated rings. The monoisotopic (exact) mass is 486 g/mol. The van der Waals surface area contributed by atoms with Crippen LogP contribution >= 0.6 is 11.6 Å². The number of ether oxygens (including phenoxy) is 2. The second-order valence-electron chi connectivity index (χ2n) is 7.96. The number of methoxy groups -OCH3 is 1. The molecule has 0 bridgehead atoms. The van der Waals surface area contributed by atoms with Crippen LogP contribution < -0.4 is 14.8 Å². The van der Waals surface area contributed by atoms with Crippen LogP contribution in [0.4, 0.5) is 5.69 Å². The van der Waals surface area contributed by atoms with E-state index in [-0.39, 0.29) is 12.2 Å². The first-order chi connectivity index (χ1) is 16.9. The van der Waals surface area contributed by atoms with E-state index >= 15 is 0 Å². The molecule has 0 aliphatic heterocycles. The van der Waals surface area contributed by atoms with Gasteiger partial charge in [-0.05, 0) is 67.3 Å². The molecular weight excluding hydrogens is 460 g/mol. The summed E-state index contributed by atoms with van der Waals surface area (Å²) < 4.78 is 11.7. The van der Waals surface area contributed by atoms with Gasteiger partial charge in [-0.15, -0.1) is 6.58 Å². The molecule has 1 amide bonds. The highest BCUT2D eigenvalue weighted by Crippen LogP contribution is 2.35. The fourth-order valence-electron chi connectivity index (χ4n) is 3.55. The molecular formula is C29H27ClN2O3. The molecule has 0 spiro atoms. The van der Waals surface area contributed by atoms with Gasteiger partial charge in [0.25, 0.3) is 5.91 Å². The molecule has 1 N–H and O–H groups in total. The standard InChI is InChI=1S/C29H27ClN2O3/c1-5-9-22-14-21(15-24(17-31)29(33)32-26-13-8-10-19(2)20(26)3)16-27(34-4)28(22)35-18-23-11-6-7-12-25(23)30/h5-8,10-16H,1,9,18H2,2-4H3,(H,32,33)/b24-15+. The molecule has 35 heavy (non-hydrogen) atoms. The van der Waals surface area contributed by atoms with Gasteiger partial charge in [0.05, 0.1) is 7.11 Å². The number of hydrogen-bond donors (Lipinski definition) is 1. The Kier molecular flexibility index (Phi) is 8.72. The second kappa shape index (κ2) is 11.9. The summed E-state index contributed by atoms with van der Waals surface area (Å²) in [6.07, 6.45) is 3.79. The Labute approximate surface area is 211 Å². The topological polar surface area (TPSA) is 71.4 Å². The lowest BCUT2D eigenvalue weighted by molar-refractivity contribution is -0.112. The number of aryl methyl sites for hydroxylation is 1. The fraction of sp³-hybridized carbons (Fsp3) is 0.172. The van der Waals surface area contributed by atoms with E-state index in [2.05, 4.69) is 11.9 Å². The summed E-state index contributed by atoms with van der Waals surface area (Å²) in [4.78, 5) is 12.8. The number of halogens is 1. The van der Waals surface area contributed by atoms with Crippen molar-refractivity contribution in [1.29, 1.82) is 5.26 Å². The van der Waals surface area contributed by atoms with E-state index in [4.69, 9.17) is 21.1 Å². The van der Waals surface area contributed by atoms with Crippen molar-refractivity contribution in [1.82, 2.24) is 0 Å². The van der Waals surface area contributed by atoms with E-state index in [9.17, 15) is 10.1 Å². The van der Waals surface area contributed by atoms with Crippen LogP contribution in [0.15, 0.2) is 72.8 Å². The summed E-state index contributed by atoms with van der Waals surface area (Å²) in [6, 6.07) is 18.7. The SMILES string of the molecule is C=CCc1cc(/C=C(\C#N)C(=O)Nc2cccc(C)c2C)cc(OC)c1OCc1ccccc1Cl. The molecule has 3 aromatic carbocycles. The lowest BCUT2D eigenvalue weighted by atomic mass is 10.0. The van der Waals surface area contributed by atoms with E-state index in [0.29, 0.717) is 34.2 Å². The first kappa shape index (κ1) is 25.6. The normalized spacial score (nSPS) is 10.9. The predicted octanol–water partition coefficient (Wildman–Crippen LogP) is 6.82. The van der Waals surface area contributed by atoms with Crippen LogP contribution in [0.2, 0.25) is 5.02 Å². The molecule has 0 saturated carbocycles. The Hall–Kier alpha value is -4.01. The maximum atomic E-state index is 12.8. The zero-order chi connectivity index (χ0) is 25.4. The van der Waals surface area contributed by atoms with Gasteiger partial charge < -0.3 is 14.8 Å². The number of allylic oxidation sites excluding steroid dienone is 1. The quantitative estimate of drug-likeness (QED) is 0.204. The van der Waals surface area contributed by atoms with E-state index in [1.165, 1.54) is 6.08 Å². The minimum absolute atomic E-state index is 0.0257. The number of benzene rings is 3. The minimum atomic E-state index is -0.482. The van der Waals surface area contributed by atoms with Gasteiger partial charge in [0.1, 0.15) is 18.2 Å². The highest BCUT2D eigenvalue weighted by molar-refractivity contribution is 6.31. The first-order valence-electron chi connectivity index (χ1n) is 11.0. The molecule has 0 heterocycles. The molecule has 178 valence electrons. The van der Waals surface area contributed by atoms with Crippen LogP contribution in [0, 0.1) is 25.2 Å².